The molecule has 0 fully saturated rings. The van der Waals surface area contributed by atoms with Gasteiger partial charge in [-0.3, -0.25) is 4.79 Å². The molecular formula is C13H19N3O3S2. The Morgan fingerprint density at radius 2 is 1.81 bits per heavy atom. The van der Waals surface area contributed by atoms with E-state index >= 15 is 0 Å². The molecule has 0 saturated carbocycles. The van der Waals surface area contributed by atoms with Crippen LogP contribution in [0.4, 0.5) is 0 Å². The van der Waals surface area contributed by atoms with Crippen LogP contribution in [0.1, 0.15) is 19.4 Å². The van der Waals surface area contributed by atoms with Crippen LogP contribution in [0.25, 0.3) is 0 Å². The van der Waals surface area contributed by atoms with Crippen molar-refractivity contribution in [3.8, 4) is 0 Å². The molecule has 0 aromatic heterocycles. The van der Waals surface area contributed by atoms with Crippen LogP contribution in [0.2, 0.25) is 0 Å². The van der Waals surface area contributed by atoms with E-state index in [2.05, 4.69) is 5.32 Å². The number of hydrogen-bond donors (Lipinski definition) is 3. The highest BCUT2D eigenvalue weighted by atomic mass is 32.2. The maximum Gasteiger partial charge on any atom is 0.238 e. The maximum absolute atomic E-state index is 11.9. The average Bonchev–Trinajstić information content (AvgIpc) is 2.37. The van der Waals surface area contributed by atoms with E-state index in [0.29, 0.717) is 13.0 Å². The van der Waals surface area contributed by atoms with Gasteiger partial charge in [0.15, 0.2) is 0 Å². The van der Waals surface area contributed by atoms with Gasteiger partial charge < -0.3 is 11.1 Å². The summed E-state index contributed by atoms with van der Waals surface area (Å²) in [6.45, 7) is 3.72. The molecular weight excluding hydrogens is 310 g/mol. The third-order valence-electron chi connectivity index (χ3n) is 3.13. The van der Waals surface area contributed by atoms with Gasteiger partial charge in [0.2, 0.25) is 15.9 Å². The van der Waals surface area contributed by atoms with Crippen molar-refractivity contribution in [1.82, 2.24) is 5.32 Å². The van der Waals surface area contributed by atoms with E-state index in [-0.39, 0.29) is 15.8 Å². The number of carbonyl (C=O) groups is 1. The Hall–Kier alpha value is -1.51. The van der Waals surface area contributed by atoms with Gasteiger partial charge >= 0.3 is 0 Å². The Balaban J connectivity index is 2.58. The van der Waals surface area contributed by atoms with Crippen LogP contribution in [0, 0.1) is 5.41 Å². The monoisotopic (exact) mass is 329 g/mol. The fourth-order valence-corrected chi connectivity index (χ4v) is 2.11. The summed E-state index contributed by atoms with van der Waals surface area (Å²) in [4.78, 5) is 12.1. The molecule has 0 saturated heterocycles. The van der Waals surface area contributed by atoms with Gasteiger partial charge in [0.1, 0.15) is 0 Å². The molecule has 0 aliphatic rings. The van der Waals surface area contributed by atoms with Crippen LogP contribution < -0.4 is 16.2 Å². The maximum atomic E-state index is 11.9. The van der Waals surface area contributed by atoms with Gasteiger partial charge in [0.25, 0.3) is 0 Å². The third-order valence-corrected chi connectivity index (χ3v) is 4.57. The van der Waals surface area contributed by atoms with Crippen molar-refractivity contribution < 1.29 is 13.2 Å². The number of hydrogen-bond acceptors (Lipinski definition) is 4. The molecule has 0 spiro atoms. The van der Waals surface area contributed by atoms with E-state index < -0.39 is 15.4 Å². The van der Waals surface area contributed by atoms with E-state index in [9.17, 15) is 13.2 Å². The number of thiocarbonyl (C=S) groups is 1. The third kappa shape index (κ3) is 4.76. The minimum atomic E-state index is -3.68. The van der Waals surface area contributed by atoms with Crippen LogP contribution >= 0.6 is 12.2 Å². The number of nitrogens with one attached hydrogen (secondary N) is 1. The lowest BCUT2D eigenvalue weighted by molar-refractivity contribution is -0.126. The highest BCUT2D eigenvalue weighted by Crippen LogP contribution is 2.15. The molecule has 1 rings (SSSR count). The number of carbonyl (C=O) groups excluding carboxylic acids is 1. The number of benzene rings is 1. The highest BCUT2D eigenvalue weighted by molar-refractivity contribution is 7.89. The molecule has 0 atom stereocenters. The molecule has 5 N–H and O–H groups in total. The lowest BCUT2D eigenvalue weighted by Gasteiger charge is -2.21. The summed E-state index contributed by atoms with van der Waals surface area (Å²) < 4.78 is 22.2. The van der Waals surface area contributed by atoms with Crippen LogP contribution in [0.5, 0.6) is 0 Å². The van der Waals surface area contributed by atoms with Crippen molar-refractivity contribution in [3.05, 3.63) is 29.8 Å². The smallest absolute Gasteiger partial charge is 0.238 e. The zero-order valence-corrected chi connectivity index (χ0v) is 13.6. The number of nitrogens with two attached hydrogens (primary N) is 2. The van der Waals surface area contributed by atoms with Crippen LogP contribution in [-0.4, -0.2) is 25.9 Å². The molecule has 8 heteroatoms. The summed E-state index contributed by atoms with van der Waals surface area (Å²) in [5.74, 6) is -0.240. The second kappa shape index (κ2) is 6.50. The quantitative estimate of drug-likeness (QED) is 0.650. The standard InChI is InChI=1S/C13H19N3O3S2/c1-13(2,11(14)20)12(17)16-8-7-9-3-5-10(6-4-9)21(15,18)19/h3-6H,7-8H2,1-2H3,(H2,14,20)(H,16,17)(H2,15,18,19). The van der Waals surface area contributed by atoms with Gasteiger partial charge in [-0.15, -0.1) is 0 Å². The SMILES string of the molecule is CC(C)(C(=O)NCCc1ccc(S(N)(=O)=O)cc1)C(N)=S. The van der Waals surface area contributed by atoms with E-state index in [1.54, 1.807) is 26.0 Å². The van der Waals surface area contributed by atoms with E-state index in [4.69, 9.17) is 23.1 Å². The van der Waals surface area contributed by atoms with Crippen molar-refractivity contribution in [2.45, 2.75) is 25.2 Å². The zero-order chi connectivity index (χ0) is 16.3. The molecule has 0 aliphatic carbocycles. The molecule has 0 bridgehead atoms. The summed E-state index contributed by atoms with van der Waals surface area (Å²) in [5, 5.41) is 7.76. The molecule has 6 nitrogen and oxygen atoms in total. The first kappa shape index (κ1) is 17.5. The van der Waals surface area contributed by atoms with Crippen molar-refractivity contribution in [1.29, 1.82) is 0 Å². The largest absolute Gasteiger partial charge is 0.392 e. The predicted octanol–water partition coefficient (Wildman–Crippen LogP) is 0.305. The number of sulfonamides is 1. The first-order chi connectivity index (χ1) is 9.55. The Kier molecular flexibility index (Phi) is 5.43. The Bertz CT molecular complexity index is 637. The van der Waals surface area contributed by atoms with Crippen LogP contribution in [-0.2, 0) is 21.2 Å². The first-order valence-corrected chi connectivity index (χ1v) is 8.20. The second-order valence-corrected chi connectivity index (χ2v) is 7.19. The molecule has 0 radical (unpaired) electrons. The van der Waals surface area contributed by atoms with Gasteiger partial charge in [-0.1, -0.05) is 24.4 Å². The fourth-order valence-electron chi connectivity index (χ4n) is 1.50. The number of primary sulfonamides is 1. The number of amides is 1. The lowest BCUT2D eigenvalue weighted by atomic mass is 9.92. The molecule has 1 amide bonds. The molecule has 116 valence electrons. The van der Waals surface area contributed by atoms with Gasteiger partial charge in [-0.05, 0) is 38.0 Å². The Morgan fingerprint density at radius 1 is 1.29 bits per heavy atom. The molecule has 1 aromatic rings. The predicted molar refractivity (Wildman–Crippen MR) is 85.1 cm³/mol. The van der Waals surface area contributed by atoms with Crippen molar-refractivity contribution in [3.63, 3.8) is 0 Å². The van der Waals surface area contributed by atoms with Gasteiger partial charge in [0.05, 0.1) is 15.3 Å². The Morgan fingerprint density at radius 3 is 2.24 bits per heavy atom. The average molecular weight is 329 g/mol. The lowest BCUT2D eigenvalue weighted by Crippen LogP contribution is -2.45. The molecule has 0 aliphatic heterocycles. The molecule has 0 heterocycles. The zero-order valence-electron chi connectivity index (χ0n) is 11.9. The van der Waals surface area contributed by atoms with Crippen molar-refractivity contribution in [2.75, 3.05) is 6.54 Å². The van der Waals surface area contributed by atoms with Gasteiger partial charge in [0, 0.05) is 6.54 Å². The summed E-state index contributed by atoms with van der Waals surface area (Å²) in [6, 6.07) is 6.19. The highest BCUT2D eigenvalue weighted by Gasteiger charge is 2.30. The van der Waals surface area contributed by atoms with E-state index in [1.807, 2.05) is 0 Å². The molecule has 0 unspecified atom stereocenters. The van der Waals surface area contributed by atoms with Crippen molar-refractivity contribution >= 4 is 33.1 Å². The Labute approximate surface area is 129 Å². The van der Waals surface area contributed by atoms with E-state index in [1.165, 1.54) is 12.1 Å². The molecule has 21 heavy (non-hydrogen) atoms. The summed E-state index contributed by atoms with van der Waals surface area (Å²) in [6.07, 6.45) is 0.560. The summed E-state index contributed by atoms with van der Waals surface area (Å²) in [5.41, 5.74) is 5.50. The number of rotatable bonds is 6. The minimum Gasteiger partial charge on any atom is -0.392 e. The summed E-state index contributed by atoms with van der Waals surface area (Å²) >= 11 is 4.85. The van der Waals surface area contributed by atoms with E-state index in [0.717, 1.165) is 5.56 Å². The second-order valence-electron chi connectivity index (χ2n) is 5.18. The van der Waals surface area contributed by atoms with Gasteiger partial charge in [-0.25, -0.2) is 13.6 Å². The van der Waals surface area contributed by atoms with Crippen LogP contribution in [0.15, 0.2) is 29.2 Å². The van der Waals surface area contributed by atoms with Crippen molar-refractivity contribution in [2.24, 2.45) is 16.3 Å². The first-order valence-electron chi connectivity index (χ1n) is 6.25. The molecule has 1 aromatic carbocycles. The van der Waals surface area contributed by atoms with Crippen LogP contribution in [0.3, 0.4) is 0 Å². The minimum absolute atomic E-state index is 0.0601. The summed E-state index contributed by atoms with van der Waals surface area (Å²) in [7, 11) is -3.68. The van der Waals surface area contributed by atoms with Gasteiger partial charge in [-0.2, -0.15) is 0 Å². The fraction of sp³-hybridized carbons (Fsp3) is 0.385. The normalized spacial score (nSPS) is 12.0. The topological polar surface area (TPSA) is 115 Å².